The first-order valence-corrected chi connectivity index (χ1v) is 6.76. The largest absolute Gasteiger partial charge is 0.378 e. The highest BCUT2D eigenvalue weighted by molar-refractivity contribution is 6.06. The Morgan fingerprint density at radius 2 is 2.21 bits per heavy atom. The van der Waals surface area contributed by atoms with Crippen molar-refractivity contribution in [2.24, 2.45) is 0 Å². The van der Waals surface area contributed by atoms with Gasteiger partial charge in [0.1, 0.15) is 0 Å². The van der Waals surface area contributed by atoms with Crippen LogP contribution in [0.4, 0.5) is 0 Å². The van der Waals surface area contributed by atoms with Gasteiger partial charge in [-0.1, -0.05) is 18.2 Å². The SMILES string of the molecule is CCOC1CC(NC(=O)c2c[nH]c3ccccc23)C1. The zero-order valence-electron chi connectivity index (χ0n) is 11.0. The summed E-state index contributed by atoms with van der Waals surface area (Å²) >= 11 is 0. The molecule has 1 fully saturated rings. The highest BCUT2D eigenvalue weighted by Gasteiger charge is 2.31. The fraction of sp³-hybridized carbons (Fsp3) is 0.400. The van der Waals surface area contributed by atoms with Crippen LogP contribution in [0.5, 0.6) is 0 Å². The van der Waals surface area contributed by atoms with Crippen molar-refractivity contribution in [2.75, 3.05) is 6.61 Å². The molecule has 100 valence electrons. The lowest BCUT2D eigenvalue weighted by molar-refractivity contribution is -0.00860. The number of fused-ring (bicyclic) bond motifs is 1. The van der Waals surface area contributed by atoms with Crippen LogP contribution in [-0.2, 0) is 4.74 Å². The van der Waals surface area contributed by atoms with Crippen molar-refractivity contribution in [3.05, 3.63) is 36.0 Å². The van der Waals surface area contributed by atoms with Crippen molar-refractivity contribution in [3.63, 3.8) is 0 Å². The highest BCUT2D eigenvalue weighted by atomic mass is 16.5. The van der Waals surface area contributed by atoms with E-state index in [0.29, 0.717) is 6.10 Å². The Balaban J connectivity index is 1.65. The van der Waals surface area contributed by atoms with Crippen LogP contribution in [0.2, 0.25) is 0 Å². The number of amides is 1. The monoisotopic (exact) mass is 258 g/mol. The number of carbonyl (C=O) groups excluding carboxylic acids is 1. The molecule has 0 saturated heterocycles. The van der Waals surface area contributed by atoms with Crippen LogP contribution in [0.3, 0.4) is 0 Å². The standard InChI is InChI=1S/C15H18N2O2/c1-2-19-11-7-10(8-11)17-15(18)13-9-16-14-6-4-3-5-12(13)14/h3-6,9-11,16H,2,7-8H2,1H3,(H,17,18). The predicted octanol–water partition coefficient (Wildman–Crippen LogP) is 2.47. The summed E-state index contributed by atoms with van der Waals surface area (Å²) in [4.78, 5) is 15.3. The molecule has 1 aromatic carbocycles. The third-order valence-electron chi connectivity index (χ3n) is 3.67. The van der Waals surface area contributed by atoms with E-state index in [1.165, 1.54) is 0 Å². The van der Waals surface area contributed by atoms with Gasteiger partial charge in [-0.15, -0.1) is 0 Å². The van der Waals surface area contributed by atoms with Gasteiger partial charge in [-0.05, 0) is 25.8 Å². The lowest BCUT2D eigenvalue weighted by atomic mass is 9.89. The number of hydrogen-bond acceptors (Lipinski definition) is 2. The van der Waals surface area contributed by atoms with Gasteiger partial charge in [0.2, 0.25) is 0 Å². The first-order chi connectivity index (χ1) is 9.28. The van der Waals surface area contributed by atoms with E-state index in [1.54, 1.807) is 6.20 Å². The van der Waals surface area contributed by atoms with Crippen LogP contribution < -0.4 is 5.32 Å². The lowest BCUT2D eigenvalue weighted by Gasteiger charge is -2.35. The minimum absolute atomic E-state index is 0.00241. The van der Waals surface area contributed by atoms with Crippen molar-refractivity contribution >= 4 is 16.8 Å². The number of rotatable bonds is 4. The van der Waals surface area contributed by atoms with Gasteiger partial charge in [0.25, 0.3) is 5.91 Å². The predicted molar refractivity (Wildman–Crippen MR) is 74.2 cm³/mol. The number of benzene rings is 1. The fourth-order valence-electron chi connectivity index (χ4n) is 2.58. The van der Waals surface area contributed by atoms with Crippen LogP contribution in [-0.4, -0.2) is 29.6 Å². The molecule has 0 bridgehead atoms. The number of ether oxygens (including phenoxy) is 1. The topological polar surface area (TPSA) is 54.1 Å². The fourth-order valence-corrected chi connectivity index (χ4v) is 2.58. The Morgan fingerprint density at radius 3 is 3.00 bits per heavy atom. The Hall–Kier alpha value is -1.81. The van der Waals surface area contributed by atoms with Gasteiger partial charge >= 0.3 is 0 Å². The summed E-state index contributed by atoms with van der Waals surface area (Å²) in [6.45, 7) is 2.74. The normalized spacial score (nSPS) is 22.2. The van der Waals surface area contributed by atoms with Crippen LogP contribution in [0.25, 0.3) is 10.9 Å². The Morgan fingerprint density at radius 1 is 1.42 bits per heavy atom. The van der Waals surface area contributed by atoms with E-state index in [2.05, 4.69) is 10.3 Å². The Labute approximate surface area is 112 Å². The molecule has 4 heteroatoms. The van der Waals surface area contributed by atoms with Gasteiger partial charge in [0.05, 0.1) is 11.7 Å². The molecule has 1 saturated carbocycles. The summed E-state index contributed by atoms with van der Waals surface area (Å²) in [5, 5.41) is 4.03. The average Bonchev–Trinajstić information content (AvgIpc) is 2.80. The van der Waals surface area contributed by atoms with E-state index in [9.17, 15) is 4.79 Å². The van der Waals surface area contributed by atoms with Crippen LogP contribution in [0, 0.1) is 0 Å². The molecule has 2 aromatic rings. The van der Waals surface area contributed by atoms with Gasteiger partial charge < -0.3 is 15.0 Å². The smallest absolute Gasteiger partial charge is 0.253 e. The molecule has 1 amide bonds. The molecule has 1 aromatic heterocycles. The minimum atomic E-state index is -0.00241. The summed E-state index contributed by atoms with van der Waals surface area (Å²) in [6.07, 6.45) is 3.93. The maximum absolute atomic E-state index is 12.2. The number of para-hydroxylation sites is 1. The maximum Gasteiger partial charge on any atom is 0.253 e. The Kier molecular flexibility index (Phi) is 3.25. The molecule has 1 heterocycles. The summed E-state index contributed by atoms with van der Waals surface area (Å²) in [7, 11) is 0. The van der Waals surface area contributed by atoms with Crippen LogP contribution in [0.15, 0.2) is 30.5 Å². The summed E-state index contributed by atoms with van der Waals surface area (Å²) in [5.74, 6) is -0.00241. The number of hydrogen-bond donors (Lipinski definition) is 2. The molecule has 0 radical (unpaired) electrons. The molecule has 1 aliphatic carbocycles. The minimum Gasteiger partial charge on any atom is -0.378 e. The third kappa shape index (κ3) is 2.36. The van der Waals surface area contributed by atoms with Crippen molar-refractivity contribution in [3.8, 4) is 0 Å². The van der Waals surface area contributed by atoms with E-state index in [1.807, 2.05) is 31.2 Å². The van der Waals surface area contributed by atoms with E-state index >= 15 is 0 Å². The van der Waals surface area contributed by atoms with Crippen molar-refractivity contribution < 1.29 is 9.53 Å². The summed E-state index contributed by atoms with van der Waals surface area (Å²) in [6, 6.07) is 8.09. The van der Waals surface area contributed by atoms with E-state index in [4.69, 9.17) is 4.74 Å². The van der Waals surface area contributed by atoms with Crippen molar-refractivity contribution in [1.82, 2.24) is 10.3 Å². The van der Waals surface area contributed by atoms with Gasteiger partial charge in [-0.25, -0.2) is 0 Å². The number of aromatic nitrogens is 1. The van der Waals surface area contributed by atoms with Crippen LogP contribution >= 0.6 is 0 Å². The van der Waals surface area contributed by atoms with E-state index in [-0.39, 0.29) is 11.9 Å². The first-order valence-electron chi connectivity index (χ1n) is 6.76. The Bertz CT molecular complexity index is 585. The molecule has 19 heavy (non-hydrogen) atoms. The molecule has 0 atom stereocenters. The summed E-state index contributed by atoms with van der Waals surface area (Å²) < 4.78 is 5.49. The average molecular weight is 258 g/mol. The number of H-pyrrole nitrogens is 1. The molecule has 1 aliphatic rings. The lowest BCUT2D eigenvalue weighted by Crippen LogP contribution is -2.47. The maximum atomic E-state index is 12.2. The zero-order chi connectivity index (χ0) is 13.2. The van der Waals surface area contributed by atoms with Gasteiger partial charge in [-0.2, -0.15) is 0 Å². The van der Waals surface area contributed by atoms with E-state index in [0.717, 1.165) is 35.9 Å². The zero-order valence-corrected chi connectivity index (χ0v) is 11.0. The third-order valence-corrected chi connectivity index (χ3v) is 3.67. The van der Waals surface area contributed by atoms with Crippen LogP contribution in [0.1, 0.15) is 30.1 Å². The van der Waals surface area contributed by atoms with Crippen molar-refractivity contribution in [1.29, 1.82) is 0 Å². The number of nitrogens with one attached hydrogen (secondary N) is 2. The summed E-state index contributed by atoms with van der Waals surface area (Å²) in [5.41, 5.74) is 1.71. The number of carbonyl (C=O) groups is 1. The molecule has 0 spiro atoms. The quantitative estimate of drug-likeness (QED) is 0.885. The molecule has 0 aliphatic heterocycles. The second kappa shape index (κ2) is 5.05. The number of aromatic amines is 1. The molecule has 3 rings (SSSR count). The second-order valence-electron chi connectivity index (χ2n) is 4.97. The van der Waals surface area contributed by atoms with E-state index < -0.39 is 0 Å². The van der Waals surface area contributed by atoms with Crippen molar-refractivity contribution in [2.45, 2.75) is 31.9 Å². The molecule has 4 nitrogen and oxygen atoms in total. The molecular weight excluding hydrogens is 240 g/mol. The molecular formula is C15H18N2O2. The molecule has 2 N–H and O–H groups in total. The van der Waals surface area contributed by atoms with Gasteiger partial charge in [0, 0.05) is 29.7 Å². The second-order valence-corrected chi connectivity index (χ2v) is 4.97. The highest BCUT2D eigenvalue weighted by Crippen LogP contribution is 2.24. The molecule has 0 unspecified atom stereocenters. The van der Waals surface area contributed by atoms with Gasteiger partial charge in [0.15, 0.2) is 0 Å². The first kappa shape index (κ1) is 12.2. The van der Waals surface area contributed by atoms with Gasteiger partial charge in [-0.3, -0.25) is 4.79 Å².